The van der Waals surface area contributed by atoms with Gasteiger partial charge in [-0.3, -0.25) is 24.1 Å². The molecule has 8 nitrogen and oxygen atoms in total. The van der Waals surface area contributed by atoms with Crippen LogP contribution in [0.2, 0.25) is 5.02 Å². The molecule has 0 aromatic heterocycles. The molecular formula is C44H33ClFN3O5. The van der Waals surface area contributed by atoms with E-state index in [1.165, 1.54) is 11.0 Å². The zero-order chi connectivity index (χ0) is 37.3. The van der Waals surface area contributed by atoms with Gasteiger partial charge in [-0.05, 0) is 85.0 Å². The molecule has 54 heavy (non-hydrogen) atoms. The second-order valence-electron chi connectivity index (χ2n) is 14.3. The lowest BCUT2D eigenvalue weighted by Crippen LogP contribution is -2.53. The van der Waals surface area contributed by atoms with E-state index in [0.717, 1.165) is 22.3 Å². The molecule has 4 amide bonds. The van der Waals surface area contributed by atoms with E-state index < -0.39 is 64.3 Å². The standard InChI is InChI=1S/C44H33ClFN3O5/c45-26-11-7-14-30(23-26)49-41(52)35-24-34-31(38(33-15-8-16-36(46)39(33)50)44(35,43(49)54)25-9-3-1-4-10-25)21-22-32-37(34)42(53)48(40(32)51)29-19-17-28(18-20-29)47-27-12-5-2-6-13-27/h1-21,23,32,34-35,37-38,47,50H,22,24H2. The Labute approximate surface area is 315 Å². The van der Waals surface area contributed by atoms with Crippen LogP contribution >= 0.6 is 11.6 Å². The fraction of sp³-hybridized carbons (Fsp3) is 0.182. The van der Waals surface area contributed by atoms with Crippen molar-refractivity contribution < 1.29 is 28.7 Å². The molecular weight excluding hydrogens is 705 g/mol. The van der Waals surface area contributed by atoms with Crippen molar-refractivity contribution in [3.63, 3.8) is 0 Å². The number of aromatic hydroxyl groups is 1. The third-order valence-corrected chi connectivity index (χ3v) is 11.9. The summed E-state index contributed by atoms with van der Waals surface area (Å²) < 4.78 is 15.4. The van der Waals surface area contributed by atoms with Gasteiger partial charge in [-0.1, -0.05) is 90.0 Å². The van der Waals surface area contributed by atoms with E-state index >= 15 is 9.18 Å². The SMILES string of the molecule is O=C1C2CC=C3C(CC4C(=O)N(c5cccc(Cl)c5)C(=O)C4(c4ccccc4)C3c3cccc(F)c3O)C2C(=O)N1c1ccc(Nc2ccccc2)cc1. The highest BCUT2D eigenvalue weighted by atomic mass is 35.5. The van der Waals surface area contributed by atoms with Gasteiger partial charge in [0, 0.05) is 27.9 Å². The zero-order valence-corrected chi connectivity index (χ0v) is 29.5. The Morgan fingerprint density at radius 2 is 1.39 bits per heavy atom. The Kier molecular flexibility index (Phi) is 8.01. The van der Waals surface area contributed by atoms with E-state index in [1.807, 2.05) is 36.4 Å². The number of carbonyl (C=O) groups is 4. The Bertz CT molecular complexity index is 2390. The molecule has 10 heteroatoms. The highest BCUT2D eigenvalue weighted by Crippen LogP contribution is 2.65. The Balaban J connectivity index is 1.17. The van der Waals surface area contributed by atoms with E-state index in [2.05, 4.69) is 5.32 Å². The number of rotatable bonds is 6. The molecule has 1 saturated carbocycles. The van der Waals surface area contributed by atoms with Gasteiger partial charge in [-0.2, -0.15) is 0 Å². The summed E-state index contributed by atoms with van der Waals surface area (Å²) in [5.41, 5.74) is 2.01. The van der Waals surface area contributed by atoms with Crippen LogP contribution in [0.3, 0.4) is 0 Å². The van der Waals surface area contributed by atoms with Gasteiger partial charge in [0.25, 0.3) is 0 Å². The van der Waals surface area contributed by atoms with Gasteiger partial charge in [0.2, 0.25) is 23.6 Å². The number of nitrogens with zero attached hydrogens (tertiary/aromatic N) is 2. The molecule has 2 heterocycles. The summed E-state index contributed by atoms with van der Waals surface area (Å²) in [6.07, 6.45) is 2.14. The molecule has 0 bridgehead atoms. The second-order valence-corrected chi connectivity index (χ2v) is 14.8. The lowest BCUT2D eigenvalue weighted by Gasteiger charge is -2.50. The fourth-order valence-electron chi connectivity index (χ4n) is 9.49. The van der Waals surface area contributed by atoms with Gasteiger partial charge in [0.1, 0.15) is 0 Å². The van der Waals surface area contributed by atoms with Gasteiger partial charge < -0.3 is 10.4 Å². The van der Waals surface area contributed by atoms with E-state index in [4.69, 9.17) is 11.6 Å². The van der Waals surface area contributed by atoms with Crippen molar-refractivity contribution in [2.75, 3.05) is 15.1 Å². The number of phenols is 1. The smallest absolute Gasteiger partial charge is 0.246 e. The van der Waals surface area contributed by atoms with E-state index in [0.29, 0.717) is 21.8 Å². The predicted molar refractivity (Wildman–Crippen MR) is 203 cm³/mol. The van der Waals surface area contributed by atoms with Crippen LogP contribution in [-0.2, 0) is 24.6 Å². The fourth-order valence-corrected chi connectivity index (χ4v) is 9.67. The molecule has 9 rings (SSSR count). The van der Waals surface area contributed by atoms with E-state index in [-0.39, 0.29) is 30.0 Å². The Hall–Kier alpha value is -6.06. The molecule has 3 fully saturated rings. The molecule has 2 saturated heterocycles. The Morgan fingerprint density at radius 1 is 0.704 bits per heavy atom. The first-order valence-corrected chi connectivity index (χ1v) is 18.2. The number of allylic oxidation sites excluding steroid dienone is 2. The van der Waals surface area contributed by atoms with Gasteiger partial charge in [-0.25, -0.2) is 9.29 Å². The van der Waals surface area contributed by atoms with Crippen LogP contribution in [0.15, 0.2) is 139 Å². The minimum Gasteiger partial charge on any atom is -0.505 e. The minimum absolute atomic E-state index is 0.0723. The van der Waals surface area contributed by atoms with Crippen LogP contribution in [0.25, 0.3) is 0 Å². The topological polar surface area (TPSA) is 107 Å². The Morgan fingerprint density at radius 3 is 2.11 bits per heavy atom. The predicted octanol–water partition coefficient (Wildman–Crippen LogP) is 8.30. The summed E-state index contributed by atoms with van der Waals surface area (Å²) in [4.78, 5) is 61.3. The maximum absolute atomic E-state index is 15.4. The van der Waals surface area contributed by atoms with Crippen molar-refractivity contribution >= 4 is 58.0 Å². The number of amides is 4. The first-order chi connectivity index (χ1) is 26.2. The third-order valence-electron chi connectivity index (χ3n) is 11.7. The normalized spacial score (nSPS) is 26.0. The number of fused-ring (bicyclic) bond motifs is 4. The summed E-state index contributed by atoms with van der Waals surface area (Å²) in [7, 11) is 0. The molecule has 2 aliphatic carbocycles. The number of phenolic OH excluding ortho intramolecular Hbond substituents is 1. The minimum atomic E-state index is -1.63. The average Bonchev–Trinajstić information content (AvgIpc) is 3.58. The van der Waals surface area contributed by atoms with Gasteiger partial charge in [0.05, 0.1) is 34.5 Å². The van der Waals surface area contributed by atoms with Gasteiger partial charge >= 0.3 is 0 Å². The maximum Gasteiger partial charge on any atom is 0.246 e. The van der Waals surface area contributed by atoms with Crippen molar-refractivity contribution in [1.82, 2.24) is 0 Å². The molecule has 5 aromatic carbocycles. The zero-order valence-electron chi connectivity index (χ0n) is 28.7. The van der Waals surface area contributed by atoms with Gasteiger partial charge in [0.15, 0.2) is 11.6 Å². The lowest BCUT2D eigenvalue weighted by atomic mass is 9.49. The molecule has 6 atom stereocenters. The molecule has 268 valence electrons. The number of benzene rings is 5. The second kappa shape index (κ2) is 12.8. The molecule has 2 aliphatic heterocycles. The maximum atomic E-state index is 15.4. The van der Waals surface area contributed by atoms with Crippen molar-refractivity contribution in [2.24, 2.45) is 23.7 Å². The first kappa shape index (κ1) is 33.8. The largest absolute Gasteiger partial charge is 0.505 e. The highest BCUT2D eigenvalue weighted by Gasteiger charge is 2.70. The number of para-hydroxylation sites is 2. The van der Waals surface area contributed by atoms with E-state index in [1.54, 1.807) is 84.9 Å². The number of carbonyl (C=O) groups excluding carboxylic acids is 4. The van der Waals surface area contributed by atoms with Crippen molar-refractivity contribution in [1.29, 1.82) is 0 Å². The quantitative estimate of drug-likeness (QED) is 0.134. The average molecular weight is 738 g/mol. The number of halogens is 2. The summed E-state index contributed by atoms with van der Waals surface area (Å²) in [5.74, 6) is -7.63. The van der Waals surface area contributed by atoms with Crippen molar-refractivity contribution in [3.05, 3.63) is 161 Å². The number of hydrogen-bond acceptors (Lipinski definition) is 6. The van der Waals surface area contributed by atoms with Crippen LogP contribution < -0.4 is 15.1 Å². The van der Waals surface area contributed by atoms with Crippen LogP contribution in [0, 0.1) is 29.5 Å². The van der Waals surface area contributed by atoms with E-state index in [9.17, 15) is 19.5 Å². The molecule has 6 unspecified atom stereocenters. The van der Waals surface area contributed by atoms with Gasteiger partial charge in [-0.15, -0.1) is 0 Å². The summed E-state index contributed by atoms with van der Waals surface area (Å²) in [5, 5.41) is 15.1. The lowest BCUT2D eigenvalue weighted by molar-refractivity contribution is -0.127. The summed E-state index contributed by atoms with van der Waals surface area (Å²) in [6, 6.07) is 36.2. The molecule has 5 aromatic rings. The molecule has 4 aliphatic rings. The first-order valence-electron chi connectivity index (χ1n) is 17.9. The van der Waals surface area contributed by atoms with Crippen LogP contribution in [0.4, 0.5) is 27.1 Å². The summed E-state index contributed by atoms with van der Waals surface area (Å²) in [6.45, 7) is 0. The van der Waals surface area contributed by atoms with Crippen LogP contribution in [0.1, 0.15) is 29.9 Å². The molecule has 2 N–H and O–H groups in total. The number of hydrogen-bond donors (Lipinski definition) is 2. The molecule has 0 spiro atoms. The number of nitrogens with one attached hydrogen (secondary N) is 1. The van der Waals surface area contributed by atoms with Crippen molar-refractivity contribution in [2.45, 2.75) is 24.2 Å². The van der Waals surface area contributed by atoms with Crippen LogP contribution in [0.5, 0.6) is 5.75 Å². The third kappa shape index (κ3) is 4.95. The summed E-state index contributed by atoms with van der Waals surface area (Å²) >= 11 is 6.37. The monoisotopic (exact) mass is 737 g/mol. The molecule has 0 radical (unpaired) electrons. The van der Waals surface area contributed by atoms with Crippen LogP contribution in [-0.4, -0.2) is 28.7 Å². The van der Waals surface area contributed by atoms with Crippen molar-refractivity contribution in [3.8, 4) is 5.75 Å². The number of imide groups is 2. The number of anilines is 4. The highest BCUT2D eigenvalue weighted by molar-refractivity contribution is 6.32.